The molecule has 1 aliphatic rings. The number of hydrogen-bond donors (Lipinski definition) is 0. The predicted molar refractivity (Wildman–Crippen MR) is 70.9 cm³/mol. The fourth-order valence-electron chi connectivity index (χ4n) is 1.93. The van der Waals surface area contributed by atoms with Gasteiger partial charge in [0.25, 0.3) is 0 Å². The first-order valence-corrected chi connectivity index (χ1v) is 8.15. The molecule has 0 saturated carbocycles. The molecule has 0 atom stereocenters. The Morgan fingerprint density at radius 1 is 1.00 bits per heavy atom. The zero-order valence-electron chi connectivity index (χ0n) is 11.7. The van der Waals surface area contributed by atoms with Crippen LogP contribution in [0.2, 0.25) is 0 Å². The van der Waals surface area contributed by atoms with Gasteiger partial charge in [0.1, 0.15) is 0 Å². The van der Waals surface area contributed by atoms with Gasteiger partial charge in [-0.15, -0.1) is 0 Å². The summed E-state index contributed by atoms with van der Waals surface area (Å²) in [7, 11) is -3.70. The second-order valence-corrected chi connectivity index (χ2v) is 6.94. The molecule has 0 aromatic carbocycles. The van der Waals surface area contributed by atoms with Crippen molar-refractivity contribution in [1.82, 2.24) is 4.90 Å². The maximum Gasteiger partial charge on any atom is 0.418 e. The molecule has 5 nitrogen and oxygen atoms in total. The molecule has 1 fully saturated rings. The Hall–Kier alpha value is -0.380. The normalized spacial score (nSPS) is 17.6. The molecule has 0 unspecified atom stereocenters. The lowest BCUT2D eigenvalue weighted by Crippen LogP contribution is -2.36. The van der Waals surface area contributed by atoms with Crippen molar-refractivity contribution in [3.8, 4) is 0 Å². The van der Waals surface area contributed by atoms with Gasteiger partial charge in [0.15, 0.2) is 0 Å². The van der Waals surface area contributed by atoms with Crippen LogP contribution >= 0.6 is 7.60 Å². The highest BCUT2D eigenvalue weighted by Gasteiger charge is 2.40. The predicted octanol–water partition coefficient (Wildman–Crippen LogP) is 3.64. The maximum absolute atomic E-state index is 12.6. The van der Waals surface area contributed by atoms with E-state index in [9.17, 15) is 9.36 Å². The van der Waals surface area contributed by atoms with Crippen LogP contribution in [0.15, 0.2) is 0 Å². The van der Waals surface area contributed by atoms with Crippen LogP contribution in [0.4, 0.5) is 4.79 Å². The van der Waals surface area contributed by atoms with Crippen molar-refractivity contribution in [2.75, 3.05) is 13.1 Å². The Bertz CT molecular complexity index is 310. The molecule has 6 heteroatoms. The van der Waals surface area contributed by atoms with Gasteiger partial charge in [-0.25, -0.2) is 4.57 Å². The fraction of sp³-hybridized carbons (Fsp3) is 0.917. The lowest BCUT2D eigenvalue weighted by molar-refractivity contribution is 0.133. The van der Waals surface area contributed by atoms with Crippen molar-refractivity contribution in [3.05, 3.63) is 0 Å². The van der Waals surface area contributed by atoms with Crippen molar-refractivity contribution in [2.24, 2.45) is 0 Å². The average molecular weight is 277 g/mol. The molecule has 0 spiro atoms. The van der Waals surface area contributed by atoms with E-state index in [0.717, 1.165) is 19.3 Å². The van der Waals surface area contributed by atoms with Gasteiger partial charge in [0.2, 0.25) is 0 Å². The second-order valence-electron chi connectivity index (χ2n) is 5.14. The van der Waals surface area contributed by atoms with Crippen molar-refractivity contribution in [3.63, 3.8) is 0 Å². The molecule has 0 aromatic heterocycles. The number of likely N-dealkylation sites (tertiary alicyclic amines) is 1. The largest absolute Gasteiger partial charge is 0.418 e. The van der Waals surface area contributed by atoms with Crippen LogP contribution in [0.1, 0.15) is 47.0 Å². The quantitative estimate of drug-likeness (QED) is 0.720. The number of nitrogens with zero attached hydrogens (tertiary/aromatic N) is 1. The highest BCUT2D eigenvalue weighted by molar-refractivity contribution is 7.71. The summed E-state index contributed by atoms with van der Waals surface area (Å²) in [6.45, 7) is 8.29. The lowest BCUT2D eigenvalue weighted by Gasteiger charge is -2.30. The van der Waals surface area contributed by atoms with Crippen molar-refractivity contribution >= 4 is 13.2 Å². The molecule has 0 radical (unpaired) electrons. The minimum Gasteiger partial charge on any atom is -0.332 e. The molecule has 1 saturated heterocycles. The first kappa shape index (κ1) is 15.7. The summed E-state index contributed by atoms with van der Waals surface area (Å²) >= 11 is 0. The second kappa shape index (κ2) is 6.69. The Balaban J connectivity index is 2.80. The molecule has 0 aliphatic carbocycles. The van der Waals surface area contributed by atoms with Gasteiger partial charge in [0, 0.05) is 13.1 Å². The van der Waals surface area contributed by atoms with E-state index in [1.54, 1.807) is 32.6 Å². The molecule has 18 heavy (non-hydrogen) atoms. The van der Waals surface area contributed by atoms with Gasteiger partial charge >= 0.3 is 13.2 Å². The maximum atomic E-state index is 12.6. The molecule has 1 heterocycles. The first-order valence-electron chi connectivity index (χ1n) is 6.61. The van der Waals surface area contributed by atoms with Crippen LogP contribution in [-0.4, -0.2) is 35.8 Å². The topological polar surface area (TPSA) is 55.8 Å². The van der Waals surface area contributed by atoms with E-state index in [1.807, 2.05) is 0 Å². The standard InChI is InChI=1S/C12H24NO4P/c1-10(2)16-18(15,17-11(3)4)12(14)13-8-6-5-7-9-13/h10-11H,5-9H2,1-4H3. The Morgan fingerprint density at radius 2 is 1.44 bits per heavy atom. The number of carbonyl (C=O) groups excluding carboxylic acids is 1. The summed E-state index contributed by atoms with van der Waals surface area (Å²) in [5.41, 5.74) is -0.482. The van der Waals surface area contributed by atoms with E-state index < -0.39 is 13.2 Å². The van der Waals surface area contributed by atoms with E-state index in [1.165, 1.54) is 0 Å². The van der Waals surface area contributed by atoms with Gasteiger partial charge in [-0.1, -0.05) is 0 Å². The summed E-state index contributed by atoms with van der Waals surface area (Å²) < 4.78 is 23.2. The third-order valence-corrected chi connectivity index (χ3v) is 4.71. The fourth-order valence-corrected chi connectivity index (χ4v) is 3.82. The van der Waals surface area contributed by atoms with Gasteiger partial charge in [-0.3, -0.25) is 13.8 Å². The van der Waals surface area contributed by atoms with E-state index in [4.69, 9.17) is 9.05 Å². The van der Waals surface area contributed by atoms with E-state index in [2.05, 4.69) is 0 Å². The number of hydrogen-bond acceptors (Lipinski definition) is 4. The van der Waals surface area contributed by atoms with Gasteiger partial charge in [0.05, 0.1) is 12.2 Å². The van der Waals surface area contributed by atoms with Crippen LogP contribution in [0.25, 0.3) is 0 Å². The van der Waals surface area contributed by atoms with E-state index in [0.29, 0.717) is 13.1 Å². The molecule has 1 aliphatic heterocycles. The van der Waals surface area contributed by atoms with Crippen LogP contribution in [0.5, 0.6) is 0 Å². The van der Waals surface area contributed by atoms with Gasteiger partial charge in [-0.2, -0.15) is 0 Å². The summed E-state index contributed by atoms with van der Waals surface area (Å²) in [6, 6.07) is 0. The molecule has 0 N–H and O–H groups in total. The summed E-state index contributed by atoms with van der Waals surface area (Å²) in [4.78, 5) is 13.9. The zero-order valence-corrected chi connectivity index (χ0v) is 12.6. The number of rotatable bonds is 5. The summed E-state index contributed by atoms with van der Waals surface area (Å²) in [5.74, 6) is 0. The SMILES string of the molecule is CC(C)OP(=O)(OC(C)C)C(=O)N1CCCCC1. The molecule has 1 amide bonds. The third-order valence-electron chi connectivity index (χ3n) is 2.56. The average Bonchev–Trinajstić information content (AvgIpc) is 2.27. The minimum atomic E-state index is -3.70. The van der Waals surface area contributed by atoms with E-state index in [-0.39, 0.29) is 12.2 Å². The molecule has 106 valence electrons. The third kappa shape index (κ3) is 4.38. The molecular formula is C12H24NO4P. The Morgan fingerprint density at radius 3 is 1.83 bits per heavy atom. The van der Waals surface area contributed by atoms with Crippen molar-refractivity contribution in [2.45, 2.75) is 59.2 Å². The minimum absolute atomic E-state index is 0.302. The number of piperidine rings is 1. The lowest BCUT2D eigenvalue weighted by atomic mass is 10.1. The van der Waals surface area contributed by atoms with Crippen LogP contribution in [0.3, 0.4) is 0 Å². The van der Waals surface area contributed by atoms with Crippen molar-refractivity contribution < 1.29 is 18.4 Å². The molecular weight excluding hydrogens is 253 g/mol. The summed E-state index contributed by atoms with van der Waals surface area (Å²) in [6.07, 6.45) is 2.42. The van der Waals surface area contributed by atoms with Crippen LogP contribution in [0, 0.1) is 0 Å². The molecule has 0 aromatic rings. The van der Waals surface area contributed by atoms with Crippen molar-refractivity contribution in [1.29, 1.82) is 0 Å². The Labute approximate surface area is 109 Å². The van der Waals surface area contributed by atoms with Gasteiger partial charge in [-0.05, 0) is 47.0 Å². The number of carbonyl (C=O) groups is 1. The smallest absolute Gasteiger partial charge is 0.332 e. The molecule has 1 rings (SSSR count). The first-order chi connectivity index (χ1) is 8.35. The highest BCUT2D eigenvalue weighted by Crippen LogP contribution is 2.53. The zero-order chi connectivity index (χ0) is 13.8. The Kier molecular flexibility index (Phi) is 5.83. The monoisotopic (exact) mass is 277 g/mol. The van der Waals surface area contributed by atoms with E-state index >= 15 is 0 Å². The number of amides is 1. The van der Waals surface area contributed by atoms with Gasteiger partial charge < -0.3 is 4.90 Å². The molecule has 0 bridgehead atoms. The van der Waals surface area contributed by atoms with Crippen LogP contribution < -0.4 is 0 Å². The van der Waals surface area contributed by atoms with Crippen LogP contribution in [-0.2, 0) is 13.6 Å². The highest BCUT2D eigenvalue weighted by atomic mass is 31.2. The summed E-state index contributed by atoms with van der Waals surface area (Å²) in [5, 5.41) is 0.